The summed E-state index contributed by atoms with van der Waals surface area (Å²) >= 11 is 0. The number of rotatable bonds is 8. The monoisotopic (exact) mass is 267 g/mol. The van der Waals surface area contributed by atoms with Crippen molar-refractivity contribution in [1.82, 2.24) is 14.5 Å². The van der Waals surface area contributed by atoms with Gasteiger partial charge in [-0.25, -0.2) is 4.98 Å². The Hall–Kier alpha value is -1.36. The van der Waals surface area contributed by atoms with Crippen LogP contribution in [-0.4, -0.2) is 47.7 Å². The highest BCUT2D eigenvalue weighted by Gasteiger charge is 2.20. The van der Waals surface area contributed by atoms with Crippen LogP contribution in [-0.2, 0) is 9.53 Å². The molecule has 0 bridgehead atoms. The molecule has 0 spiro atoms. The minimum atomic E-state index is -0.111. The molecule has 108 valence electrons. The van der Waals surface area contributed by atoms with E-state index in [4.69, 9.17) is 4.74 Å². The second-order valence-corrected chi connectivity index (χ2v) is 5.18. The van der Waals surface area contributed by atoms with E-state index >= 15 is 0 Å². The molecule has 5 heteroatoms. The standard InChI is InChI=1S/C14H25N3O2/c1-5-13(17-7-6-15-11-17)10-12(2)14(18)19-9-8-16(3)4/h6-7,11-13H,5,8-10H2,1-4H3. The normalized spacial score (nSPS) is 14.4. The number of hydrogen-bond acceptors (Lipinski definition) is 4. The number of carbonyl (C=O) groups is 1. The van der Waals surface area contributed by atoms with E-state index in [9.17, 15) is 4.79 Å². The number of hydrogen-bond donors (Lipinski definition) is 0. The summed E-state index contributed by atoms with van der Waals surface area (Å²) in [7, 11) is 3.92. The number of likely N-dealkylation sites (N-methyl/N-ethyl adjacent to an activating group) is 1. The van der Waals surface area contributed by atoms with Gasteiger partial charge in [0, 0.05) is 25.0 Å². The van der Waals surface area contributed by atoms with Crippen molar-refractivity contribution in [2.45, 2.75) is 32.7 Å². The Labute approximate surface area is 115 Å². The molecule has 5 nitrogen and oxygen atoms in total. The zero-order chi connectivity index (χ0) is 14.3. The first-order valence-corrected chi connectivity index (χ1v) is 6.83. The molecular formula is C14H25N3O2. The average molecular weight is 267 g/mol. The molecular weight excluding hydrogens is 242 g/mol. The van der Waals surface area contributed by atoms with E-state index in [1.807, 2.05) is 32.1 Å². The highest BCUT2D eigenvalue weighted by Crippen LogP contribution is 2.21. The third-order valence-corrected chi connectivity index (χ3v) is 3.23. The smallest absolute Gasteiger partial charge is 0.308 e. The Balaban J connectivity index is 2.40. The minimum Gasteiger partial charge on any atom is -0.464 e. The molecule has 1 aromatic rings. The predicted octanol–water partition coefficient (Wildman–Crippen LogP) is 1.97. The molecule has 1 aromatic heterocycles. The van der Waals surface area contributed by atoms with Gasteiger partial charge in [0.2, 0.25) is 0 Å². The van der Waals surface area contributed by atoms with Crippen LogP contribution in [0.3, 0.4) is 0 Å². The lowest BCUT2D eigenvalue weighted by Crippen LogP contribution is -2.24. The molecule has 19 heavy (non-hydrogen) atoms. The third kappa shape index (κ3) is 5.42. The van der Waals surface area contributed by atoms with Crippen molar-refractivity contribution < 1.29 is 9.53 Å². The first-order chi connectivity index (χ1) is 9.04. The van der Waals surface area contributed by atoms with Gasteiger partial charge in [-0.1, -0.05) is 13.8 Å². The van der Waals surface area contributed by atoms with Crippen LogP contribution in [0.2, 0.25) is 0 Å². The summed E-state index contributed by atoms with van der Waals surface area (Å²) in [6.07, 6.45) is 7.28. The first-order valence-electron chi connectivity index (χ1n) is 6.83. The molecule has 0 aliphatic heterocycles. The number of carbonyl (C=O) groups excluding carboxylic acids is 1. The molecule has 0 fully saturated rings. The van der Waals surface area contributed by atoms with Crippen LogP contribution < -0.4 is 0 Å². The highest BCUT2D eigenvalue weighted by atomic mass is 16.5. The Morgan fingerprint density at radius 2 is 2.21 bits per heavy atom. The van der Waals surface area contributed by atoms with E-state index in [0.29, 0.717) is 12.6 Å². The fraction of sp³-hybridized carbons (Fsp3) is 0.714. The number of esters is 1. The average Bonchev–Trinajstić information content (AvgIpc) is 2.88. The maximum atomic E-state index is 11.9. The second-order valence-electron chi connectivity index (χ2n) is 5.18. The third-order valence-electron chi connectivity index (χ3n) is 3.23. The van der Waals surface area contributed by atoms with E-state index in [-0.39, 0.29) is 11.9 Å². The van der Waals surface area contributed by atoms with Gasteiger partial charge in [0.15, 0.2) is 0 Å². The van der Waals surface area contributed by atoms with Crippen molar-refractivity contribution in [2.75, 3.05) is 27.2 Å². The van der Waals surface area contributed by atoms with Gasteiger partial charge in [-0.2, -0.15) is 0 Å². The molecule has 0 aliphatic rings. The van der Waals surface area contributed by atoms with Crippen molar-refractivity contribution in [1.29, 1.82) is 0 Å². The fourth-order valence-electron chi connectivity index (χ4n) is 1.96. The van der Waals surface area contributed by atoms with Crippen LogP contribution in [0.25, 0.3) is 0 Å². The largest absolute Gasteiger partial charge is 0.464 e. The summed E-state index contributed by atoms with van der Waals surface area (Å²) in [4.78, 5) is 17.9. The molecule has 2 atom stereocenters. The van der Waals surface area contributed by atoms with Crippen molar-refractivity contribution >= 4 is 5.97 Å². The van der Waals surface area contributed by atoms with Crippen molar-refractivity contribution in [3.63, 3.8) is 0 Å². The van der Waals surface area contributed by atoms with Gasteiger partial charge >= 0.3 is 5.97 Å². The molecule has 0 aromatic carbocycles. The van der Waals surface area contributed by atoms with Crippen LogP contribution in [0.4, 0.5) is 0 Å². The molecule has 0 saturated heterocycles. The predicted molar refractivity (Wildman–Crippen MR) is 74.8 cm³/mol. The van der Waals surface area contributed by atoms with Crippen LogP contribution in [0.1, 0.15) is 32.7 Å². The van der Waals surface area contributed by atoms with E-state index in [1.165, 1.54) is 0 Å². The molecule has 0 aliphatic carbocycles. The molecule has 0 saturated carbocycles. The van der Waals surface area contributed by atoms with Crippen molar-refractivity contribution in [2.24, 2.45) is 5.92 Å². The summed E-state index contributed by atoms with van der Waals surface area (Å²) < 4.78 is 7.33. The second kappa shape index (κ2) is 7.94. The summed E-state index contributed by atoms with van der Waals surface area (Å²) in [6.45, 7) is 5.27. The zero-order valence-electron chi connectivity index (χ0n) is 12.4. The number of ether oxygens (including phenoxy) is 1. The van der Waals surface area contributed by atoms with Gasteiger partial charge in [-0.05, 0) is 26.9 Å². The topological polar surface area (TPSA) is 47.4 Å². The summed E-state index contributed by atoms with van der Waals surface area (Å²) in [5, 5.41) is 0. The highest BCUT2D eigenvalue weighted by molar-refractivity contribution is 5.71. The molecule has 1 rings (SSSR count). The zero-order valence-corrected chi connectivity index (χ0v) is 12.4. The van der Waals surface area contributed by atoms with Gasteiger partial charge in [0.1, 0.15) is 6.61 Å². The van der Waals surface area contributed by atoms with Crippen LogP contribution in [0.15, 0.2) is 18.7 Å². The molecule has 0 amide bonds. The summed E-state index contributed by atoms with van der Waals surface area (Å²) in [5.41, 5.74) is 0. The Bertz CT molecular complexity index is 363. The molecule has 0 radical (unpaired) electrons. The summed E-state index contributed by atoms with van der Waals surface area (Å²) in [6, 6.07) is 0.305. The van der Waals surface area contributed by atoms with Crippen LogP contribution >= 0.6 is 0 Å². The van der Waals surface area contributed by atoms with E-state index in [2.05, 4.69) is 16.5 Å². The lowest BCUT2D eigenvalue weighted by atomic mass is 10.00. The Morgan fingerprint density at radius 1 is 1.47 bits per heavy atom. The van der Waals surface area contributed by atoms with Crippen LogP contribution in [0, 0.1) is 5.92 Å². The molecule has 2 unspecified atom stereocenters. The molecule has 1 heterocycles. The Kier molecular flexibility index (Phi) is 6.56. The number of aromatic nitrogens is 2. The minimum absolute atomic E-state index is 0.0884. The summed E-state index contributed by atoms with van der Waals surface area (Å²) in [5.74, 6) is -0.199. The lowest BCUT2D eigenvalue weighted by molar-refractivity contribution is -0.148. The van der Waals surface area contributed by atoms with Gasteiger partial charge in [-0.15, -0.1) is 0 Å². The van der Waals surface area contributed by atoms with Gasteiger partial charge < -0.3 is 14.2 Å². The molecule has 0 N–H and O–H groups in total. The lowest BCUT2D eigenvalue weighted by Gasteiger charge is -2.20. The Morgan fingerprint density at radius 3 is 2.74 bits per heavy atom. The quantitative estimate of drug-likeness (QED) is 0.676. The van der Waals surface area contributed by atoms with E-state index < -0.39 is 0 Å². The number of nitrogens with zero attached hydrogens (tertiary/aromatic N) is 3. The van der Waals surface area contributed by atoms with Gasteiger partial charge in [-0.3, -0.25) is 4.79 Å². The first kappa shape index (κ1) is 15.7. The SMILES string of the molecule is CCC(CC(C)C(=O)OCCN(C)C)n1ccnc1. The van der Waals surface area contributed by atoms with E-state index in [1.54, 1.807) is 12.5 Å². The van der Waals surface area contributed by atoms with Gasteiger partial charge in [0.25, 0.3) is 0 Å². The fourth-order valence-corrected chi connectivity index (χ4v) is 1.96. The van der Waals surface area contributed by atoms with Crippen LogP contribution in [0.5, 0.6) is 0 Å². The van der Waals surface area contributed by atoms with E-state index in [0.717, 1.165) is 19.4 Å². The van der Waals surface area contributed by atoms with Crippen molar-refractivity contribution in [3.05, 3.63) is 18.7 Å². The van der Waals surface area contributed by atoms with Crippen molar-refractivity contribution in [3.8, 4) is 0 Å². The maximum absolute atomic E-state index is 11.9. The maximum Gasteiger partial charge on any atom is 0.308 e. The van der Waals surface area contributed by atoms with Gasteiger partial charge in [0.05, 0.1) is 12.2 Å². The number of imidazole rings is 1.